The molecule has 3 aromatic carbocycles. The Morgan fingerprint density at radius 3 is 1.73 bits per heavy atom. The van der Waals surface area contributed by atoms with Gasteiger partial charge >= 0.3 is 8.32 Å². The highest BCUT2D eigenvalue weighted by atomic mass is 28.4. The van der Waals surface area contributed by atoms with E-state index in [2.05, 4.69) is 52.6 Å². The van der Waals surface area contributed by atoms with Gasteiger partial charge in [0.1, 0.15) is 18.0 Å². The summed E-state index contributed by atoms with van der Waals surface area (Å²) in [4.78, 5) is 4.25. The second-order valence-corrected chi connectivity index (χ2v) is 10.1. The molecular weight excluding hydrogens is 388 g/mol. The van der Waals surface area contributed by atoms with Gasteiger partial charge in [-0.15, -0.1) is 5.16 Å². The molecule has 146 valence electrons. The lowest BCUT2D eigenvalue weighted by Gasteiger charge is -2.29. The minimum Gasteiger partial charge on any atom is -0.438 e. The lowest BCUT2D eigenvalue weighted by atomic mass is 10.3. The maximum atomic E-state index is 9.15. The normalized spacial score (nSPS) is 11.3. The van der Waals surface area contributed by atoms with Gasteiger partial charge in [-0.1, -0.05) is 91.0 Å². The molecule has 0 spiro atoms. The van der Waals surface area contributed by atoms with E-state index in [1.807, 2.05) is 54.6 Å². The third kappa shape index (κ3) is 3.54. The van der Waals surface area contributed by atoms with Crippen LogP contribution in [-0.2, 0) is 11.6 Å². The second kappa shape index (κ2) is 8.60. The van der Waals surface area contributed by atoms with Crippen LogP contribution in [0.25, 0.3) is 0 Å². The number of nitriles is 1. The minimum absolute atomic E-state index is 0.467. The van der Waals surface area contributed by atoms with Gasteiger partial charge in [0.15, 0.2) is 5.82 Å². The van der Waals surface area contributed by atoms with Gasteiger partial charge in [-0.3, -0.25) is 0 Å². The molecule has 30 heavy (non-hydrogen) atoms. The average molecular weight is 409 g/mol. The Morgan fingerprint density at radius 2 is 1.33 bits per heavy atom. The van der Waals surface area contributed by atoms with Crippen LogP contribution in [0.4, 0.5) is 0 Å². The number of hydrogen-bond acceptors (Lipinski definition) is 4. The molecule has 1 heterocycles. The van der Waals surface area contributed by atoms with Crippen molar-refractivity contribution in [3.05, 3.63) is 109 Å². The standard InChI is InChI=1S/C24H20N4OSi/c1-28-20(17-25)18-26-24(28)19-27-29-30(21-11-5-2-6-12-21,22-13-7-3-8-14-22)23-15-9-4-10-16-23/h2-16,18-19H,1H3. The predicted molar refractivity (Wildman–Crippen MR) is 121 cm³/mol. The Morgan fingerprint density at radius 1 is 0.867 bits per heavy atom. The summed E-state index contributed by atoms with van der Waals surface area (Å²) >= 11 is 0. The van der Waals surface area contributed by atoms with Gasteiger partial charge in [-0.25, -0.2) is 4.98 Å². The van der Waals surface area contributed by atoms with Crippen LogP contribution in [0.2, 0.25) is 0 Å². The molecule has 0 bridgehead atoms. The third-order valence-corrected chi connectivity index (χ3v) is 8.86. The van der Waals surface area contributed by atoms with Crippen molar-refractivity contribution in [2.75, 3.05) is 0 Å². The molecule has 0 aliphatic rings. The monoisotopic (exact) mass is 408 g/mol. The van der Waals surface area contributed by atoms with Gasteiger partial charge in [0.25, 0.3) is 0 Å². The lowest BCUT2D eigenvalue weighted by Crippen LogP contribution is -2.68. The average Bonchev–Trinajstić information content (AvgIpc) is 3.18. The summed E-state index contributed by atoms with van der Waals surface area (Å²) in [6.45, 7) is 0. The highest BCUT2D eigenvalue weighted by molar-refractivity contribution is 7.07. The smallest absolute Gasteiger partial charge is 0.380 e. The molecule has 0 N–H and O–H groups in total. The van der Waals surface area contributed by atoms with E-state index in [1.54, 1.807) is 17.8 Å². The van der Waals surface area contributed by atoms with Gasteiger partial charge in [-0.05, 0) is 15.6 Å². The number of nitrogens with zero attached hydrogens (tertiary/aromatic N) is 4. The fraction of sp³-hybridized carbons (Fsp3) is 0.0417. The van der Waals surface area contributed by atoms with Gasteiger partial charge < -0.3 is 9.09 Å². The molecule has 4 rings (SSSR count). The number of oxime groups is 1. The fourth-order valence-electron chi connectivity index (χ4n) is 3.48. The summed E-state index contributed by atoms with van der Waals surface area (Å²) in [5, 5.41) is 16.8. The molecule has 0 saturated carbocycles. The molecule has 4 aromatic rings. The Labute approximate surface area is 176 Å². The highest BCUT2D eigenvalue weighted by Gasteiger charge is 2.44. The van der Waals surface area contributed by atoms with Crippen LogP contribution < -0.4 is 15.6 Å². The van der Waals surface area contributed by atoms with E-state index in [9.17, 15) is 0 Å². The zero-order chi connectivity index (χ0) is 20.8. The Hall–Kier alpha value is -3.95. The molecule has 6 heteroatoms. The molecule has 0 atom stereocenters. The van der Waals surface area contributed by atoms with Gasteiger partial charge in [-0.2, -0.15) is 5.26 Å². The number of hydrogen-bond donors (Lipinski definition) is 0. The third-order valence-electron chi connectivity index (χ3n) is 5.04. The first-order valence-corrected chi connectivity index (χ1v) is 11.5. The van der Waals surface area contributed by atoms with Crippen LogP contribution in [0, 0.1) is 11.3 Å². The zero-order valence-corrected chi connectivity index (χ0v) is 17.5. The van der Waals surface area contributed by atoms with Crippen LogP contribution in [0.3, 0.4) is 0 Å². The van der Waals surface area contributed by atoms with E-state index < -0.39 is 8.32 Å². The van der Waals surface area contributed by atoms with Gasteiger partial charge in [0, 0.05) is 7.05 Å². The number of imidazole rings is 1. The number of rotatable bonds is 6. The van der Waals surface area contributed by atoms with Crippen LogP contribution in [0.15, 0.2) is 102 Å². The van der Waals surface area contributed by atoms with E-state index in [0.717, 1.165) is 15.6 Å². The number of aromatic nitrogens is 2. The summed E-state index contributed by atoms with van der Waals surface area (Å²) in [5.74, 6) is 0.559. The van der Waals surface area contributed by atoms with E-state index >= 15 is 0 Å². The van der Waals surface area contributed by atoms with Crippen molar-refractivity contribution in [2.45, 2.75) is 0 Å². The molecule has 0 fully saturated rings. The summed E-state index contributed by atoms with van der Waals surface area (Å²) < 4.78 is 8.15. The van der Waals surface area contributed by atoms with Crippen molar-refractivity contribution < 1.29 is 4.53 Å². The number of benzene rings is 3. The topological polar surface area (TPSA) is 63.2 Å². The lowest BCUT2D eigenvalue weighted by molar-refractivity contribution is 0.351. The predicted octanol–water partition coefficient (Wildman–Crippen LogP) is 2.31. The Bertz CT molecular complexity index is 1090. The fourth-order valence-corrected chi connectivity index (χ4v) is 6.99. The summed E-state index contributed by atoms with van der Waals surface area (Å²) in [5.41, 5.74) is 0.467. The quantitative estimate of drug-likeness (QED) is 0.213. The SMILES string of the molecule is Cn1c(C#N)cnc1C=NO[Si](c1ccccc1)(c1ccccc1)c1ccccc1. The van der Waals surface area contributed by atoms with Gasteiger partial charge in [0.2, 0.25) is 0 Å². The summed E-state index contributed by atoms with van der Waals surface area (Å²) in [6, 6.07) is 32.8. The van der Waals surface area contributed by atoms with Gasteiger partial charge in [0.05, 0.1) is 6.20 Å². The van der Waals surface area contributed by atoms with E-state index in [4.69, 9.17) is 9.79 Å². The Kier molecular flexibility index (Phi) is 5.55. The minimum atomic E-state index is -2.90. The first-order chi connectivity index (χ1) is 14.8. The van der Waals surface area contributed by atoms with E-state index in [1.165, 1.54) is 6.20 Å². The second-order valence-electron chi connectivity index (χ2n) is 6.78. The van der Waals surface area contributed by atoms with Crippen LogP contribution >= 0.6 is 0 Å². The molecule has 1 aromatic heterocycles. The summed E-state index contributed by atoms with van der Waals surface area (Å²) in [6.07, 6.45) is 3.09. The van der Waals surface area contributed by atoms with Crippen molar-refractivity contribution in [3.63, 3.8) is 0 Å². The molecule has 0 amide bonds. The first-order valence-electron chi connectivity index (χ1n) is 9.55. The molecule has 0 saturated heterocycles. The first kappa shape index (κ1) is 19.4. The summed E-state index contributed by atoms with van der Waals surface area (Å²) in [7, 11) is -1.12. The Balaban J connectivity index is 1.85. The zero-order valence-electron chi connectivity index (χ0n) is 16.5. The van der Waals surface area contributed by atoms with Crippen molar-refractivity contribution in [1.82, 2.24) is 9.55 Å². The van der Waals surface area contributed by atoms with Crippen molar-refractivity contribution in [2.24, 2.45) is 12.2 Å². The van der Waals surface area contributed by atoms with Crippen LogP contribution in [0.1, 0.15) is 11.5 Å². The molecule has 0 aliphatic carbocycles. The van der Waals surface area contributed by atoms with Crippen molar-refractivity contribution in [3.8, 4) is 6.07 Å². The van der Waals surface area contributed by atoms with Crippen molar-refractivity contribution >= 4 is 30.1 Å². The molecule has 0 aliphatic heterocycles. The maximum Gasteiger partial charge on any atom is 0.380 e. The van der Waals surface area contributed by atoms with Crippen molar-refractivity contribution in [1.29, 1.82) is 5.26 Å². The molecule has 0 radical (unpaired) electrons. The molecular formula is C24H20N4OSi. The van der Waals surface area contributed by atoms with Crippen LogP contribution in [-0.4, -0.2) is 24.1 Å². The van der Waals surface area contributed by atoms with E-state index in [-0.39, 0.29) is 0 Å². The molecule has 5 nitrogen and oxygen atoms in total. The maximum absolute atomic E-state index is 9.15. The van der Waals surface area contributed by atoms with Crippen LogP contribution in [0.5, 0.6) is 0 Å². The van der Waals surface area contributed by atoms with E-state index in [0.29, 0.717) is 11.5 Å². The highest BCUT2D eigenvalue weighted by Crippen LogP contribution is 2.10. The molecule has 0 unspecified atom stereocenters. The largest absolute Gasteiger partial charge is 0.438 e.